The Balaban J connectivity index is 3.47. The molecule has 0 bridgehead atoms. The van der Waals surface area contributed by atoms with Crippen molar-refractivity contribution in [2.75, 3.05) is 7.11 Å². The second-order valence-corrected chi connectivity index (χ2v) is 3.04. The van der Waals surface area contributed by atoms with Crippen LogP contribution in [-0.2, 0) is 4.74 Å². The van der Waals surface area contributed by atoms with Crippen molar-refractivity contribution in [2.24, 2.45) is 0 Å². The Morgan fingerprint density at radius 2 is 1.95 bits per heavy atom. The Hall–Kier alpha value is -2.00. The first-order valence-corrected chi connectivity index (χ1v) is 4.48. The van der Waals surface area contributed by atoms with Gasteiger partial charge in [0, 0.05) is 0 Å². The van der Waals surface area contributed by atoms with Gasteiger partial charge in [-0.05, 0) is 0 Å². The van der Waals surface area contributed by atoms with E-state index >= 15 is 0 Å². The highest BCUT2D eigenvalue weighted by atomic mass is 19.4. The summed E-state index contributed by atoms with van der Waals surface area (Å²) in [4.78, 5) is 13.9. The minimum Gasteiger partial charge on any atom is -0.465 e. The predicted octanol–water partition coefficient (Wildman–Crippen LogP) is 2.84. The summed E-state index contributed by atoms with van der Waals surface area (Å²) in [6.07, 6.45) is -8.67. The number of methoxy groups -OCH3 is 1. The number of hydrogen-bond donors (Lipinski definition) is 0. The van der Waals surface area contributed by atoms with Gasteiger partial charge in [0.2, 0.25) is 5.95 Å². The van der Waals surface area contributed by atoms with Crippen molar-refractivity contribution >= 4 is 5.97 Å². The molecular weight excluding hydrogens is 284 g/mol. The molecule has 0 radical (unpaired) electrons. The number of ether oxygens (including phenoxy) is 2. The molecule has 4 nitrogen and oxygen atoms in total. The summed E-state index contributed by atoms with van der Waals surface area (Å²) in [5, 5.41) is 0. The maximum atomic E-state index is 13.1. The monoisotopic (exact) mass is 289 g/mol. The number of halogens is 6. The topological polar surface area (TPSA) is 48.4 Å². The van der Waals surface area contributed by atoms with Crippen molar-refractivity contribution in [1.82, 2.24) is 4.98 Å². The van der Waals surface area contributed by atoms with E-state index in [0.29, 0.717) is 0 Å². The van der Waals surface area contributed by atoms with Gasteiger partial charge in [-0.15, -0.1) is 13.2 Å². The van der Waals surface area contributed by atoms with E-state index in [4.69, 9.17) is 0 Å². The molecule has 0 unspecified atom stereocenters. The lowest BCUT2D eigenvalue weighted by atomic mass is 10.1. The molecule has 1 heterocycles. The molecule has 0 spiro atoms. The van der Waals surface area contributed by atoms with Crippen LogP contribution >= 0.6 is 0 Å². The van der Waals surface area contributed by atoms with Gasteiger partial charge in [0.25, 0.3) is 6.43 Å². The summed E-state index contributed by atoms with van der Waals surface area (Å²) in [5.41, 5.74) is -2.98. The Kier molecular flexibility index (Phi) is 4.22. The van der Waals surface area contributed by atoms with Crippen molar-refractivity contribution in [3.63, 3.8) is 0 Å². The van der Waals surface area contributed by atoms with Gasteiger partial charge < -0.3 is 9.47 Å². The smallest absolute Gasteiger partial charge is 0.465 e. The van der Waals surface area contributed by atoms with E-state index in [0.717, 1.165) is 7.11 Å². The molecule has 0 aliphatic heterocycles. The van der Waals surface area contributed by atoms with Gasteiger partial charge in [0.15, 0.2) is 5.75 Å². The number of aromatic nitrogens is 1. The lowest BCUT2D eigenvalue weighted by Gasteiger charge is -2.14. The lowest BCUT2D eigenvalue weighted by molar-refractivity contribution is -0.274. The quantitative estimate of drug-likeness (QED) is 0.488. The molecule has 0 amide bonds. The SMILES string of the molecule is COC(=O)c1c(OC(F)(F)F)cnc(F)c1C(F)F. The molecular formula is C9H5F6NO3. The molecule has 1 rings (SSSR count). The number of rotatable bonds is 3. The zero-order valence-electron chi connectivity index (χ0n) is 9.09. The van der Waals surface area contributed by atoms with Crippen LogP contribution in [0.15, 0.2) is 6.20 Å². The molecule has 19 heavy (non-hydrogen) atoms. The molecule has 1 aromatic rings. The minimum atomic E-state index is -5.26. The number of carbonyl (C=O) groups excluding carboxylic acids is 1. The van der Waals surface area contributed by atoms with E-state index in [1.165, 1.54) is 0 Å². The van der Waals surface area contributed by atoms with E-state index in [2.05, 4.69) is 14.5 Å². The van der Waals surface area contributed by atoms with Gasteiger partial charge >= 0.3 is 12.3 Å². The maximum absolute atomic E-state index is 13.1. The summed E-state index contributed by atoms with van der Waals surface area (Å²) in [5.74, 6) is -4.75. The third-order valence-corrected chi connectivity index (χ3v) is 1.87. The van der Waals surface area contributed by atoms with E-state index in [1.54, 1.807) is 0 Å². The summed E-state index contributed by atoms with van der Waals surface area (Å²) < 4.78 is 81.7. The molecule has 0 aliphatic rings. The van der Waals surface area contributed by atoms with E-state index in [-0.39, 0.29) is 6.20 Å². The van der Waals surface area contributed by atoms with Gasteiger partial charge in [0.05, 0.1) is 18.9 Å². The number of esters is 1. The Morgan fingerprint density at radius 1 is 1.37 bits per heavy atom. The Bertz CT molecular complexity index is 488. The Morgan fingerprint density at radius 3 is 2.37 bits per heavy atom. The first-order chi connectivity index (χ1) is 8.67. The van der Waals surface area contributed by atoms with Gasteiger partial charge in [-0.1, -0.05) is 0 Å². The lowest BCUT2D eigenvalue weighted by Crippen LogP contribution is -2.21. The zero-order chi connectivity index (χ0) is 14.8. The van der Waals surface area contributed by atoms with Crippen LogP contribution in [0, 0.1) is 5.95 Å². The van der Waals surface area contributed by atoms with Crippen LogP contribution in [0.1, 0.15) is 22.3 Å². The number of hydrogen-bond acceptors (Lipinski definition) is 4. The zero-order valence-corrected chi connectivity index (χ0v) is 9.09. The third-order valence-electron chi connectivity index (χ3n) is 1.87. The highest BCUT2D eigenvalue weighted by Gasteiger charge is 2.36. The van der Waals surface area contributed by atoms with Crippen LogP contribution in [0.5, 0.6) is 5.75 Å². The van der Waals surface area contributed by atoms with Gasteiger partial charge in [0.1, 0.15) is 5.56 Å². The molecule has 0 aliphatic carbocycles. The van der Waals surface area contributed by atoms with Gasteiger partial charge in [-0.3, -0.25) is 0 Å². The van der Waals surface area contributed by atoms with Gasteiger partial charge in [-0.25, -0.2) is 18.6 Å². The average Bonchev–Trinajstić information content (AvgIpc) is 2.27. The molecule has 0 N–H and O–H groups in total. The summed E-state index contributed by atoms with van der Waals surface area (Å²) in [7, 11) is 0.729. The molecule has 1 aromatic heterocycles. The van der Waals surface area contributed by atoms with E-state index in [1.807, 2.05) is 0 Å². The summed E-state index contributed by atoms with van der Waals surface area (Å²) in [6.45, 7) is 0. The molecule has 0 atom stereocenters. The van der Waals surface area contributed by atoms with Crippen LogP contribution in [-0.4, -0.2) is 24.4 Å². The first kappa shape index (κ1) is 15.1. The van der Waals surface area contributed by atoms with Crippen molar-refractivity contribution in [3.05, 3.63) is 23.3 Å². The van der Waals surface area contributed by atoms with Crippen molar-refractivity contribution < 1.29 is 40.6 Å². The van der Waals surface area contributed by atoms with Crippen molar-refractivity contribution in [1.29, 1.82) is 0 Å². The molecule has 0 aromatic carbocycles. The number of carbonyl (C=O) groups is 1. The Labute approximate surface area is 101 Å². The first-order valence-electron chi connectivity index (χ1n) is 4.48. The molecule has 10 heteroatoms. The average molecular weight is 289 g/mol. The predicted molar refractivity (Wildman–Crippen MR) is 47.2 cm³/mol. The molecule has 106 valence electrons. The van der Waals surface area contributed by atoms with E-state index in [9.17, 15) is 31.1 Å². The second kappa shape index (κ2) is 5.33. The second-order valence-electron chi connectivity index (χ2n) is 3.04. The molecule has 0 saturated carbocycles. The molecule has 0 fully saturated rings. The maximum Gasteiger partial charge on any atom is 0.573 e. The fourth-order valence-corrected chi connectivity index (χ4v) is 1.20. The van der Waals surface area contributed by atoms with Crippen LogP contribution < -0.4 is 4.74 Å². The van der Waals surface area contributed by atoms with E-state index < -0.39 is 41.6 Å². The van der Waals surface area contributed by atoms with Crippen LogP contribution in [0.3, 0.4) is 0 Å². The van der Waals surface area contributed by atoms with Crippen molar-refractivity contribution in [2.45, 2.75) is 12.8 Å². The van der Waals surface area contributed by atoms with Crippen LogP contribution in [0.2, 0.25) is 0 Å². The fourth-order valence-electron chi connectivity index (χ4n) is 1.20. The van der Waals surface area contributed by atoms with Crippen LogP contribution in [0.4, 0.5) is 26.3 Å². The fraction of sp³-hybridized carbons (Fsp3) is 0.333. The number of pyridine rings is 1. The number of nitrogens with zero attached hydrogens (tertiary/aromatic N) is 1. The summed E-state index contributed by atoms with van der Waals surface area (Å²) in [6, 6.07) is 0. The third kappa shape index (κ3) is 3.48. The highest BCUT2D eigenvalue weighted by molar-refractivity contribution is 5.94. The largest absolute Gasteiger partial charge is 0.573 e. The van der Waals surface area contributed by atoms with Crippen molar-refractivity contribution in [3.8, 4) is 5.75 Å². The van der Waals surface area contributed by atoms with Gasteiger partial charge in [-0.2, -0.15) is 4.39 Å². The normalized spacial score (nSPS) is 11.6. The standard InChI is InChI=1S/C9H5F6NO3/c1-18-8(17)4-3(19-9(13,14)15)2-16-7(12)5(4)6(10)11/h2,6H,1H3. The van der Waals surface area contributed by atoms with Crippen LogP contribution in [0.25, 0.3) is 0 Å². The summed E-state index contributed by atoms with van der Waals surface area (Å²) >= 11 is 0. The minimum absolute atomic E-state index is 0.168. The highest BCUT2D eigenvalue weighted by Crippen LogP contribution is 2.34. The number of alkyl halides is 5. The molecule has 0 saturated heterocycles.